The van der Waals surface area contributed by atoms with E-state index in [0.29, 0.717) is 36.6 Å². The van der Waals surface area contributed by atoms with Crippen LogP contribution in [0.3, 0.4) is 0 Å². The molecule has 1 saturated carbocycles. The Morgan fingerprint density at radius 1 is 0.837 bits per heavy atom. The molecule has 2 aliphatic rings. The van der Waals surface area contributed by atoms with Gasteiger partial charge in [0.05, 0.1) is 11.9 Å². The zero-order chi connectivity index (χ0) is 34.2. The van der Waals surface area contributed by atoms with Gasteiger partial charge in [-0.2, -0.15) is 5.10 Å². The molecule has 3 amide bonds. The molecule has 2 heterocycles. The van der Waals surface area contributed by atoms with Crippen molar-refractivity contribution in [3.05, 3.63) is 106 Å². The monoisotopic (exact) mass is 725 g/mol. The molecule has 11 heteroatoms. The van der Waals surface area contributed by atoms with Crippen molar-refractivity contribution in [2.75, 3.05) is 36.8 Å². The van der Waals surface area contributed by atoms with E-state index in [1.165, 1.54) is 43.0 Å². The Morgan fingerprint density at radius 3 is 2.22 bits per heavy atom. The van der Waals surface area contributed by atoms with Gasteiger partial charge in [0, 0.05) is 48.4 Å². The first-order chi connectivity index (χ1) is 23.9. The van der Waals surface area contributed by atoms with Gasteiger partial charge in [-0.3, -0.25) is 14.4 Å². The van der Waals surface area contributed by atoms with Gasteiger partial charge in [-0.25, -0.2) is 4.68 Å². The number of halogens is 1. The van der Waals surface area contributed by atoms with Gasteiger partial charge in [0.25, 0.3) is 11.8 Å². The second-order valence-electron chi connectivity index (χ2n) is 13.0. The Balaban J connectivity index is 1.05. The van der Waals surface area contributed by atoms with Crippen LogP contribution < -0.4 is 21.3 Å². The van der Waals surface area contributed by atoms with Crippen LogP contribution in [-0.2, 0) is 11.3 Å². The summed E-state index contributed by atoms with van der Waals surface area (Å²) in [5, 5.41) is 10.3. The van der Waals surface area contributed by atoms with E-state index in [-0.39, 0.29) is 30.1 Å². The molecule has 4 N–H and O–H groups in total. The minimum Gasteiger partial charge on any atom is -0.383 e. The van der Waals surface area contributed by atoms with E-state index in [0.717, 1.165) is 40.9 Å². The summed E-state index contributed by atoms with van der Waals surface area (Å²) in [4.78, 5) is 44.5. The standard InChI is InChI=1S/C38H44BrN7O3/c39-30-16-18-31(19-17-30)44-21-23-45(24-22-44)38(49)34(20-13-27-7-3-1-4-8-27)43-36(47)29-14-11-28(12-15-29)25-41-37(48)33-26-42-46(35(33)40)32-9-5-2-6-10-32/h2,5-6,9-12,14-19,26-27,34H,1,3-4,7-8,13,20-25,40H2,(H,41,48)(H,43,47)/t34-/m0/s1. The van der Waals surface area contributed by atoms with Crippen LogP contribution in [0, 0.1) is 5.92 Å². The number of amides is 3. The maximum absolute atomic E-state index is 13.9. The van der Waals surface area contributed by atoms with Crippen molar-refractivity contribution in [1.82, 2.24) is 25.3 Å². The van der Waals surface area contributed by atoms with Crippen molar-refractivity contribution in [3.63, 3.8) is 0 Å². The SMILES string of the molecule is Nc1c(C(=O)NCc2ccc(C(=O)N[C@@H](CCC3CCCCC3)C(=O)N3CCN(c4ccc(Br)cc4)CC3)cc2)cnn1-c1ccccc1. The van der Waals surface area contributed by atoms with E-state index in [4.69, 9.17) is 5.73 Å². The molecular weight excluding hydrogens is 682 g/mol. The Hall–Kier alpha value is -4.64. The summed E-state index contributed by atoms with van der Waals surface area (Å²) in [6.07, 6.45) is 9.18. The molecule has 2 fully saturated rings. The quantitative estimate of drug-likeness (QED) is 0.175. The van der Waals surface area contributed by atoms with E-state index in [9.17, 15) is 14.4 Å². The number of nitrogens with one attached hydrogen (secondary N) is 2. The number of nitrogens with zero attached hydrogens (tertiary/aromatic N) is 4. The molecule has 0 radical (unpaired) electrons. The number of nitrogens with two attached hydrogens (primary N) is 1. The molecule has 1 saturated heterocycles. The number of carbonyl (C=O) groups excluding carboxylic acids is 3. The summed E-state index contributed by atoms with van der Waals surface area (Å²) in [6, 6.07) is 24.1. The highest BCUT2D eigenvalue weighted by Gasteiger charge is 2.30. The van der Waals surface area contributed by atoms with Crippen molar-refractivity contribution in [2.24, 2.45) is 5.92 Å². The topological polar surface area (TPSA) is 126 Å². The molecule has 49 heavy (non-hydrogen) atoms. The van der Waals surface area contributed by atoms with Gasteiger partial charge in [0.15, 0.2) is 0 Å². The van der Waals surface area contributed by atoms with Crippen molar-refractivity contribution >= 4 is 45.2 Å². The number of aromatic nitrogens is 2. The van der Waals surface area contributed by atoms with Crippen LogP contribution in [0.1, 0.15) is 71.2 Å². The third-order valence-electron chi connectivity index (χ3n) is 9.70. The summed E-state index contributed by atoms with van der Waals surface area (Å²) in [5.41, 5.74) is 9.73. The minimum absolute atomic E-state index is 0.00573. The summed E-state index contributed by atoms with van der Waals surface area (Å²) < 4.78 is 2.57. The lowest BCUT2D eigenvalue weighted by molar-refractivity contribution is -0.133. The molecule has 0 bridgehead atoms. The average Bonchev–Trinajstić information content (AvgIpc) is 3.54. The Kier molecular flexibility index (Phi) is 11.3. The van der Waals surface area contributed by atoms with E-state index in [1.807, 2.05) is 59.5 Å². The largest absolute Gasteiger partial charge is 0.383 e. The van der Waals surface area contributed by atoms with Gasteiger partial charge in [0.2, 0.25) is 5.91 Å². The first-order valence-corrected chi connectivity index (χ1v) is 18.0. The van der Waals surface area contributed by atoms with Gasteiger partial charge >= 0.3 is 0 Å². The average molecular weight is 727 g/mol. The smallest absolute Gasteiger partial charge is 0.256 e. The molecule has 4 aromatic rings. The number of para-hydroxylation sites is 1. The first kappa shape index (κ1) is 34.2. The number of benzene rings is 3. The summed E-state index contributed by atoms with van der Waals surface area (Å²) in [5.74, 6) is 0.252. The third-order valence-corrected chi connectivity index (χ3v) is 10.2. The van der Waals surface area contributed by atoms with Crippen molar-refractivity contribution in [2.45, 2.75) is 57.5 Å². The van der Waals surface area contributed by atoms with Gasteiger partial charge in [0.1, 0.15) is 17.4 Å². The van der Waals surface area contributed by atoms with Crippen molar-refractivity contribution in [1.29, 1.82) is 0 Å². The number of carbonyl (C=O) groups is 3. The molecule has 6 rings (SSSR count). The van der Waals surface area contributed by atoms with Crippen LogP contribution in [0.15, 0.2) is 89.5 Å². The lowest BCUT2D eigenvalue weighted by atomic mass is 9.85. The molecular formula is C38H44BrN7O3. The fourth-order valence-electron chi connectivity index (χ4n) is 6.79. The highest BCUT2D eigenvalue weighted by Crippen LogP contribution is 2.28. The number of piperazine rings is 1. The minimum atomic E-state index is -0.574. The van der Waals surface area contributed by atoms with E-state index >= 15 is 0 Å². The van der Waals surface area contributed by atoms with Gasteiger partial charge in [-0.05, 0) is 72.9 Å². The number of hydrogen-bond acceptors (Lipinski definition) is 6. The lowest BCUT2D eigenvalue weighted by Crippen LogP contribution is -2.55. The predicted molar refractivity (Wildman–Crippen MR) is 196 cm³/mol. The molecule has 0 unspecified atom stereocenters. The number of nitrogen functional groups attached to an aromatic ring is 1. The predicted octanol–water partition coefficient (Wildman–Crippen LogP) is 5.95. The van der Waals surface area contributed by atoms with E-state index in [2.05, 4.69) is 48.7 Å². The normalized spacial score (nSPS) is 15.9. The number of rotatable bonds is 11. The van der Waals surface area contributed by atoms with Crippen molar-refractivity contribution < 1.29 is 14.4 Å². The molecule has 1 aliphatic carbocycles. The van der Waals surface area contributed by atoms with Crippen LogP contribution in [0.2, 0.25) is 0 Å². The van der Waals surface area contributed by atoms with Crippen molar-refractivity contribution in [3.8, 4) is 5.69 Å². The van der Waals surface area contributed by atoms with Gasteiger partial charge < -0.3 is 26.2 Å². The highest BCUT2D eigenvalue weighted by molar-refractivity contribution is 9.10. The summed E-state index contributed by atoms with van der Waals surface area (Å²) in [7, 11) is 0. The van der Waals surface area contributed by atoms with Gasteiger partial charge in [-0.1, -0.05) is 78.4 Å². The van der Waals surface area contributed by atoms with E-state index < -0.39 is 6.04 Å². The van der Waals surface area contributed by atoms with Crippen LogP contribution in [0.25, 0.3) is 5.69 Å². The number of anilines is 2. The molecule has 10 nitrogen and oxygen atoms in total. The Labute approximate surface area is 296 Å². The molecule has 3 aromatic carbocycles. The zero-order valence-corrected chi connectivity index (χ0v) is 29.3. The van der Waals surface area contributed by atoms with Crippen LogP contribution in [0.4, 0.5) is 11.5 Å². The molecule has 1 aliphatic heterocycles. The lowest BCUT2D eigenvalue weighted by Gasteiger charge is -2.38. The van der Waals surface area contributed by atoms with Crippen LogP contribution in [-0.4, -0.2) is 64.6 Å². The zero-order valence-electron chi connectivity index (χ0n) is 27.7. The summed E-state index contributed by atoms with van der Waals surface area (Å²) >= 11 is 3.50. The van der Waals surface area contributed by atoms with Crippen LogP contribution in [0.5, 0.6) is 0 Å². The second kappa shape index (κ2) is 16.2. The first-order valence-electron chi connectivity index (χ1n) is 17.2. The second-order valence-corrected chi connectivity index (χ2v) is 13.9. The maximum Gasteiger partial charge on any atom is 0.256 e. The molecule has 0 spiro atoms. The molecule has 1 aromatic heterocycles. The van der Waals surface area contributed by atoms with Gasteiger partial charge in [-0.15, -0.1) is 0 Å². The third kappa shape index (κ3) is 8.70. The fourth-order valence-corrected chi connectivity index (χ4v) is 7.06. The molecule has 1 atom stereocenters. The van der Waals surface area contributed by atoms with E-state index in [1.54, 1.807) is 12.1 Å². The number of hydrogen-bond donors (Lipinski definition) is 3. The highest BCUT2D eigenvalue weighted by atomic mass is 79.9. The maximum atomic E-state index is 13.9. The Morgan fingerprint density at radius 2 is 1.53 bits per heavy atom. The molecule has 256 valence electrons. The summed E-state index contributed by atoms with van der Waals surface area (Å²) in [6.45, 7) is 2.98. The van der Waals surface area contributed by atoms with Crippen LogP contribution >= 0.6 is 15.9 Å². The fraction of sp³-hybridized carbons (Fsp3) is 0.368. The Bertz CT molecular complexity index is 1710.